The SMILES string of the molecule is Cc1ccc(NC(=O)C2CCCN(C(=O)c3cc(-c4cccnc4)n[nH]3)C2)cc1C. The molecule has 1 saturated heterocycles. The average Bonchev–Trinajstić information content (AvgIpc) is 3.27. The van der Waals surface area contributed by atoms with Crippen molar-refractivity contribution in [2.75, 3.05) is 18.4 Å². The summed E-state index contributed by atoms with van der Waals surface area (Å²) >= 11 is 0. The van der Waals surface area contributed by atoms with Gasteiger partial charge in [0.25, 0.3) is 5.91 Å². The van der Waals surface area contributed by atoms with Crippen LogP contribution in [0.5, 0.6) is 0 Å². The Morgan fingerprint density at radius 3 is 2.80 bits per heavy atom. The Morgan fingerprint density at radius 1 is 1.17 bits per heavy atom. The van der Waals surface area contributed by atoms with Crippen LogP contribution >= 0.6 is 0 Å². The lowest BCUT2D eigenvalue weighted by Crippen LogP contribution is -2.43. The monoisotopic (exact) mass is 403 g/mol. The number of hydrogen-bond acceptors (Lipinski definition) is 4. The normalized spacial score (nSPS) is 16.3. The maximum atomic E-state index is 13.0. The second-order valence-corrected chi connectivity index (χ2v) is 7.79. The quantitative estimate of drug-likeness (QED) is 0.697. The third kappa shape index (κ3) is 4.25. The van der Waals surface area contributed by atoms with Gasteiger partial charge in [0, 0.05) is 36.7 Å². The minimum Gasteiger partial charge on any atom is -0.337 e. The number of amides is 2. The molecular formula is C23H25N5O2. The number of hydrogen-bond donors (Lipinski definition) is 2. The van der Waals surface area contributed by atoms with Gasteiger partial charge >= 0.3 is 0 Å². The van der Waals surface area contributed by atoms with Crippen LogP contribution in [0, 0.1) is 19.8 Å². The number of nitrogens with zero attached hydrogens (tertiary/aromatic N) is 3. The summed E-state index contributed by atoms with van der Waals surface area (Å²) in [6.07, 6.45) is 4.96. The molecule has 2 N–H and O–H groups in total. The van der Waals surface area contributed by atoms with Crippen LogP contribution in [0.4, 0.5) is 5.69 Å². The Labute approximate surface area is 175 Å². The standard InChI is InChI=1S/C23H25N5O2/c1-15-7-8-19(11-16(15)2)25-22(29)18-6-4-10-28(14-18)23(30)21-12-20(26-27-21)17-5-3-9-24-13-17/h3,5,7-9,11-13,18H,4,6,10,14H2,1-2H3,(H,25,29)(H,26,27). The highest BCUT2D eigenvalue weighted by Gasteiger charge is 2.29. The zero-order valence-corrected chi connectivity index (χ0v) is 17.2. The summed E-state index contributed by atoms with van der Waals surface area (Å²) in [5.74, 6) is -0.414. The maximum Gasteiger partial charge on any atom is 0.271 e. The Kier molecular flexibility index (Phi) is 5.61. The van der Waals surface area contributed by atoms with E-state index in [1.54, 1.807) is 23.4 Å². The average molecular weight is 403 g/mol. The highest BCUT2D eigenvalue weighted by Crippen LogP contribution is 2.23. The number of aryl methyl sites for hydroxylation is 2. The molecule has 1 aliphatic rings. The Balaban J connectivity index is 1.42. The van der Waals surface area contributed by atoms with Gasteiger partial charge in [0.1, 0.15) is 5.69 Å². The second kappa shape index (κ2) is 8.49. The van der Waals surface area contributed by atoms with E-state index in [9.17, 15) is 9.59 Å². The minimum atomic E-state index is -0.231. The molecule has 0 saturated carbocycles. The Bertz CT molecular complexity index is 1060. The molecular weight excluding hydrogens is 378 g/mol. The summed E-state index contributed by atoms with van der Waals surface area (Å²) in [5.41, 5.74) is 5.06. The van der Waals surface area contributed by atoms with Crippen LogP contribution in [-0.2, 0) is 4.79 Å². The third-order valence-electron chi connectivity index (χ3n) is 5.62. The molecule has 1 aliphatic heterocycles. The number of nitrogens with one attached hydrogen (secondary N) is 2. The first-order chi connectivity index (χ1) is 14.5. The number of anilines is 1. The number of aromatic amines is 1. The van der Waals surface area contributed by atoms with Gasteiger partial charge in [-0.05, 0) is 68.1 Å². The van der Waals surface area contributed by atoms with E-state index in [4.69, 9.17) is 0 Å². The van der Waals surface area contributed by atoms with Crippen molar-refractivity contribution in [3.05, 3.63) is 65.6 Å². The molecule has 0 aliphatic carbocycles. The topological polar surface area (TPSA) is 91.0 Å². The lowest BCUT2D eigenvalue weighted by molar-refractivity contribution is -0.121. The number of benzene rings is 1. The van der Waals surface area contributed by atoms with Crippen molar-refractivity contribution in [3.8, 4) is 11.3 Å². The van der Waals surface area contributed by atoms with Crippen LogP contribution in [0.3, 0.4) is 0 Å². The smallest absolute Gasteiger partial charge is 0.271 e. The number of H-pyrrole nitrogens is 1. The van der Waals surface area contributed by atoms with E-state index in [0.29, 0.717) is 24.5 Å². The van der Waals surface area contributed by atoms with Gasteiger partial charge in [0.15, 0.2) is 0 Å². The Morgan fingerprint density at radius 2 is 2.03 bits per heavy atom. The summed E-state index contributed by atoms with van der Waals surface area (Å²) in [5, 5.41) is 10.1. The van der Waals surface area contributed by atoms with E-state index >= 15 is 0 Å². The molecule has 0 bridgehead atoms. The third-order valence-corrected chi connectivity index (χ3v) is 5.62. The van der Waals surface area contributed by atoms with E-state index in [0.717, 1.165) is 29.7 Å². The van der Waals surface area contributed by atoms with Gasteiger partial charge in [-0.15, -0.1) is 0 Å². The maximum absolute atomic E-state index is 13.0. The van der Waals surface area contributed by atoms with E-state index < -0.39 is 0 Å². The lowest BCUT2D eigenvalue weighted by Gasteiger charge is -2.31. The number of likely N-dealkylation sites (tertiary alicyclic amines) is 1. The van der Waals surface area contributed by atoms with Gasteiger partial charge in [-0.3, -0.25) is 19.7 Å². The van der Waals surface area contributed by atoms with Crippen molar-refractivity contribution >= 4 is 17.5 Å². The summed E-state index contributed by atoms with van der Waals surface area (Å²) in [7, 11) is 0. The van der Waals surface area contributed by atoms with Crippen LogP contribution in [0.1, 0.15) is 34.5 Å². The van der Waals surface area contributed by atoms with Crippen molar-refractivity contribution in [2.24, 2.45) is 5.92 Å². The summed E-state index contributed by atoms with van der Waals surface area (Å²) < 4.78 is 0. The number of pyridine rings is 1. The molecule has 1 atom stereocenters. The molecule has 4 rings (SSSR count). The van der Waals surface area contributed by atoms with Crippen LogP contribution in [0.15, 0.2) is 48.8 Å². The highest BCUT2D eigenvalue weighted by atomic mass is 16.2. The molecule has 7 nitrogen and oxygen atoms in total. The largest absolute Gasteiger partial charge is 0.337 e. The van der Waals surface area contributed by atoms with Crippen molar-refractivity contribution in [3.63, 3.8) is 0 Å². The molecule has 154 valence electrons. The van der Waals surface area contributed by atoms with Crippen molar-refractivity contribution in [2.45, 2.75) is 26.7 Å². The zero-order valence-electron chi connectivity index (χ0n) is 17.2. The molecule has 7 heteroatoms. The molecule has 1 unspecified atom stereocenters. The van der Waals surface area contributed by atoms with Crippen molar-refractivity contribution in [1.82, 2.24) is 20.1 Å². The van der Waals surface area contributed by atoms with Gasteiger partial charge in [0.05, 0.1) is 11.6 Å². The van der Waals surface area contributed by atoms with Crippen molar-refractivity contribution in [1.29, 1.82) is 0 Å². The minimum absolute atomic E-state index is 0.0450. The van der Waals surface area contributed by atoms with Gasteiger partial charge in [-0.1, -0.05) is 6.07 Å². The molecule has 1 fully saturated rings. The molecule has 2 amide bonds. The molecule has 0 radical (unpaired) electrons. The van der Waals surface area contributed by atoms with Crippen molar-refractivity contribution < 1.29 is 9.59 Å². The number of aromatic nitrogens is 3. The summed E-state index contributed by atoms with van der Waals surface area (Å²) in [6.45, 7) is 5.10. The lowest BCUT2D eigenvalue weighted by atomic mass is 9.96. The number of carbonyl (C=O) groups is 2. The fourth-order valence-corrected chi connectivity index (χ4v) is 3.70. The number of rotatable bonds is 4. The molecule has 3 heterocycles. The number of carbonyl (C=O) groups excluding carboxylic acids is 2. The molecule has 30 heavy (non-hydrogen) atoms. The van der Waals surface area contributed by atoms with Crippen LogP contribution in [0.25, 0.3) is 11.3 Å². The van der Waals surface area contributed by atoms with E-state index in [-0.39, 0.29) is 17.7 Å². The fourth-order valence-electron chi connectivity index (χ4n) is 3.70. The van der Waals surface area contributed by atoms with Gasteiger partial charge in [-0.2, -0.15) is 5.10 Å². The van der Waals surface area contributed by atoms with Crippen LogP contribution in [-0.4, -0.2) is 45.0 Å². The second-order valence-electron chi connectivity index (χ2n) is 7.79. The highest BCUT2D eigenvalue weighted by molar-refractivity contribution is 5.96. The van der Waals surface area contributed by atoms with E-state index in [1.807, 2.05) is 44.2 Å². The molecule has 1 aromatic carbocycles. The van der Waals surface area contributed by atoms with E-state index in [2.05, 4.69) is 20.5 Å². The molecule has 0 spiro atoms. The summed E-state index contributed by atoms with van der Waals surface area (Å²) in [4.78, 5) is 31.6. The zero-order chi connectivity index (χ0) is 21.1. The van der Waals surface area contributed by atoms with E-state index in [1.165, 1.54) is 5.56 Å². The predicted octanol–water partition coefficient (Wildman–Crippen LogP) is 3.58. The van der Waals surface area contributed by atoms with Gasteiger partial charge in [0.2, 0.25) is 5.91 Å². The van der Waals surface area contributed by atoms with Crippen LogP contribution in [0.2, 0.25) is 0 Å². The predicted molar refractivity (Wildman–Crippen MR) is 115 cm³/mol. The summed E-state index contributed by atoms with van der Waals surface area (Å²) in [6, 6.07) is 11.3. The van der Waals surface area contributed by atoms with Gasteiger partial charge < -0.3 is 10.2 Å². The van der Waals surface area contributed by atoms with Crippen LogP contribution < -0.4 is 5.32 Å². The first-order valence-electron chi connectivity index (χ1n) is 10.1. The Hall–Kier alpha value is -3.48. The molecule has 3 aromatic rings. The molecule has 2 aromatic heterocycles. The van der Waals surface area contributed by atoms with Gasteiger partial charge in [-0.25, -0.2) is 0 Å². The fraction of sp³-hybridized carbons (Fsp3) is 0.304. The first kappa shape index (κ1) is 19.8. The first-order valence-corrected chi connectivity index (χ1v) is 10.1. The number of piperidine rings is 1.